The summed E-state index contributed by atoms with van der Waals surface area (Å²) in [6.07, 6.45) is -3.61. The van der Waals surface area contributed by atoms with Crippen molar-refractivity contribution in [3.8, 4) is 0 Å². The van der Waals surface area contributed by atoms with E-state index < -0.39 is 17.6 Å². The lowest BCUT2D eigenvalue weighted by Gasteiger charge is -2.09. The van der Waals surface area contributed by atoms with Gasteiger partial charge in [0.25, 0.3) is 5.91 Å². The zero-order chi connectivity index (χ0) is 18.6. The minimum absolute atomic E-state index is 0.0809. The van der Waals surface area contributed by atoms with Crippen molar-refractivity contribution in [2.24, 2.45) is 0 Å². The van der Waals surface area contributed by atoms with Crippen molar-refractivity contribution in [1.82, 2.24) is 18.9 Å². The van der Waals surface area contributed by atoms with E-state index in [-0.39, 0.29) is 11.3 Å². The molecule has 3 heterocycles. The van der Waals surface area contributed by atoms with Crippen molar-refractivity contribution in [2.45, 2.75) is 20.0 Å². The topological polar surface area (TPSA) is 52.2 Å². The van der Waals surface area contributed by atoms with Crippen LogP contribution in [0.3, 0.4) is 0 Å². The SMILES string of the molecule is Cc1nc2ccc(C(F)(F)F)cn2c1C(=O)n1c(C)nc2ccccc21. The van der Waals surface area contributed by atoms with E-state index in [1.807, 2.05) is 0 Å². The Morgan fingerprint density at radius 1 is 1.04 bits per heavy atom. The Morgan fingerprint density at radius 2 is 1.77 bits per heavy atom. The first kappa shape index (κ1) is 16.3. The van der Waals surface area contributed by atoms with Gasteiger partial charge in [-0.3, -0.25) is 13.8 Å². The van der Waals surface area contributed by atoms with Gasteiger partial charge in [-0.15, -0.1) is 0 Å². The number of imidazole rings is 2. The van der Waals surface area contributed by atoms with Crippen LogP contribution in [-0.4, -0.2) is 24.8 Å². The molecule has 132 valence electrons. The average Bonchev–Trinajstić information content (AvgIpc) is 3.07. The summed E-state index contributed by atoms with van der Waals surface area (Å²) in [6, 6.07) is 9.30. The van der Waals surface area contributed by atoms with Gasteiger partial charge in [0.15, 0.2) is 0 Å². The molecule has 4 aromatic rings. The van der Waals surface area contributed by atoms with E-state index >= 15 is 0 Å². The molecule has 1 aromatic carbocycles. The third-order valence-corrected chi connectivity index (χ3v) is 4.25. The van der Waals surface area contributed by atoms with E-state index in [4.69, 9.17) is 0 Å². The molecule has 0 bridgehead atoms. The molecule has 0 fully saturated rings. The van der Waals surface area contributed by atoms with Gasteiger partial charge in [-0.1, -0.05) is 12.1 Å². The molecule has 0 atom stereocenters. The molecule has 5 nitrogen and oxygen atoms in total. The molecular formula is C18H13F3N4O. The summed E-state index contributed by atoms with van der Waals surface area (Å²) in [6.45, 7) is 3.28. The highest BCUT2D eigenvalue weighted by Gasteiger charge is 2.32. The molecule has 0 saturated heterocycles. The van der Waals surface area contributed by atoms with Crippen LogP contribution in [0, 0.1) is 13.8 Å². The normalized spacial score (nSPS) is 12.2. The quantitative estimate of drug-likeness (QED) is 0.517. The van der Waals surface area contributed by atoms with Gasteiger partial charge < -0.3 is 0 Å². The molecule has 0 spiro atoms. The number of para-hydroxylation sites is 2. The molecule has 0 N–H and O–H groups in total. The van der Waals surface area contributed by atoms with Crippen molar-refractivity contribution in [3.05, 3.63) is 65.4 Å². The first-order valence-electron chi connectivity index (χ1n) is 7.82. The van der Waals surface area contributed by atoms with Gasteiger partial charge in [0, 0.05) is 6.20 Å². The van der Waals surface area contributed by atoms with Crippen molar-refractivity contribution in [2.75, 3.05) is 0 Å². The van der Waals surface area contributed by atoms with Gasteiger partial charge in [-0.25, -0.2) is 9.97 Å². The third kappa shape index (κ3) is 2.37. The fraction of sp³-hybridized carbons (Fsp3) is 0.167. The molecule has 0 unspecified atom stereocenters. The maximum atomic E-state index is 13.2. The Kier molecular flexibility index (Phi) is 3.40. The van der Waals surface area contributed by atoms with Gasteiger partial charge >= 0.3 is 6.18 Å². The van der Waals surface area contributed by atoms with E-state index in [2.05, 4.69) is 9.97 Å². The van der Waals surface area contributed by atoms with Crippen LogP contribution in [0.1, 0.15) is 27.6 Å². The van der Waals surface area contributed by atoms with Gasteiger partial charge in [-0.2, -0.15) is 13.2 Å². The standard InChI is InChI=1S/C18H13F3N4O/c1-10-16(24-9-12(18(19,20)21)7-8-15(24)22-10)17(26)25-11(2)23-13-5-3-4-6-14(13)25/h3-9H,1-2H3. The number of pyridine rings is 1. The molecule has 0 amide bonds. The second kappa shape index (κ2) is 5.42. The fourth-order valence-corrected chi connectivity index (χ4v) is 3.10. The molecule has 0 aliphatic carbocycles. The minimum atomic E-state index is -4.51. The second-order valence-electron chi connectivity index (χ2n) is 5.98. The monoisotopic (exact) mass is 358 g/mol. The van der Waals surface area contributed by atoms with Crippen LogP contribution >= 0.6 is 0 Å². The summed E-state index contributed by atoms with van der Waals surface area (Å²) in [5.41, 5.74) is 1.10. The van der Waals surface area contributed by atoms with E-state index in [1.165, 1.54) is 15.0 Å². The largest absolute Gasteiger partial charge is 0.417 e. The summed E-state index contributed by atoms with van der Waals surface area (Å²) in [7, 11) is 0. The summed E-state index contributed by atoms with van der Waals surface area (Å²) in [5.74, 6) is -0.0157. The van der Waals surface area contributed by atoms with Crippen molar-refractivity contribution >= 4 is 22.6 Å². The number of hydrogen-bond donors (Lipinski definition) is 0. The zero-order valence-corrected chi connectivity index (χ0v) is 13.9. The summed E-state index contributed by atoms with van der Waals surface area (Å²) >= 11 is 0. The van der Waals surface area contributed by atoms with Crippen LogP contribution in [0.2, 0.25) is 0 Å². The van der Waals surface area contributed by atoms with Crippen molar-refractivity contribution in [3.63, 3.8) is 0 Å². The first-order chi connectivity index (χ1) is 12.3. The highest BCUT2D eigenvalue weighted by molar-refractivity contribution is 6.02. The lowest BCUT2D eigenvalue weighted by Crippen LogP contribution is -2.17. The molecule has 4 rings (SSSR count). The Bertz CT molecular complexity index is 1170. The Balaban J connectivity index is 1.97. The Labute approximate surface area is 145 Å². The zero-order valence-electron chi connectivity index (χ0n) is 13.9. The number of nitrogens with zero attached hydrogens (tertiary/aromatic N) is 4. The minimum Gasteiger partial charge on any atom is -0.295 e. The lowest BCUT2D eigenvalue weighted by molar-refractivity contribution is -0.137. The molecule has 0 radical (unpaired) electrons. The molecular weight excluding hydrogens is 345 g/mol. The number of carbonyl (C=O) groups is 1. The maximum Gasteiger partial charge on any atom is 0.417 e. The number of aryl methyl sites for hydroxylation is 2. The summed E-state index contributed by atoms with van der Waals surface area (Å²) in [4.78, 5) is 21.7. The van der Waals surface area contributed by atoms with E-state index in [9.17, 15) is 18.0 Å². The number of aromatic nitrogens is 4. The summed E-state index contributed by atoms with van der Waals surface area (Å²) < 4.78 is 41.8. The first-order valence-corrected chi connectivity index (χ1v) is 7.82. The lowest BCUT2D eigenvalue weighted by atomic mass is 10.2. The van der Waals surface area contributed by atoms with Crippen LogP contribution in [-0.2, 0) is 6.18 Å². The Morgan fingerprint density at radius 3 is 2.50 bits per heavy atom. The maximum absolute atomic E-state index is 13.2. The predicted octanol–water partition coefficient (Wildman–Crippen LogP) is 4.01. The number of alkyl halides is 3. The average molecular weight is 358 g/mol. The van der Waals surface area contributed by atoms with Crippen LogP contribution < -0.4 is 0 Å². The fourth-order valence-electron chi connectivity index (χ4n) is 3.10. The van der Waals surface area contributed by atoms with E-state index in [0.717, 1.165) is 12.3 Å². The van der Waals surface area contributed by atoms with Gasteiger partial charge in [0.2, 0.25) is 0 Å². The summed E-state index contributed by atoms with van der Waals surface area (Å²) in [5, 5.41) is 0. The molecule has 8 heteroatoms. The number of benzene rings is 1. The number of hydrogen-bond acceptors (Lipinski definition) is 3. The van der Waals surface area contributed by atoms with Crippen LogP contribution in [0.5, 0.6) is 0 Å². The molecule has 3 aromatic heterocycles. The predicted molar refractivity (Wildman–Crippen MR) is 89.1 cm³/mol. The van der Waals surface area contributed by atoms with Crippen LogP contribution in [0.4, 0.5) is 13.2 Å². The molecule has 0 aliphatic rings. The second-order valence-corrected chi connectivity index (χ2v) is 5.98. The third-order valence-electron chi connectivity index (χ3n) is 4.25. The molecule has 26 heavy (non-hydrogen) atoms. The van der Waals surface area contributed by atoms with Gasteiger partial charge in [0.1, 0.15) is 17.2 Å². The van der Waals surface area contributed by atoms with E-state index in [1.54, 1.807) is 38.1 Å². The van der Waals surface area contributed by atoms with Crippen LogP contribution in [0.25, 0.3) is 16.7 Å². The van der Waals surface area contributed by atoms with Gasteiger partial charge in [-0.05, 0) is 38.1 Å². The van der Waals surface area contributed by atoms with Crippen molar-refractivity contribution < 1.29 is 18.0 Å². The number of fused-ring (bicyclic) bond motifs is 2. The number of rotatable bonds is 1. The van der Waals surface area contributed by atoms with Crippen molar-refractivity contribution in [1.29, 1.82) is 0 Å². The van der Waals surface area contributed by atoms with Gasteiger partial charge in [0.05, 0.1) is 22.3 Å². The molecule has 0 aliphatic heterocycles. The number of carbonyl (C=O) groups excluding carboxylic acids is 1. The van der Waals surface area contributed by atoms with E-state index in [0.29, 0.717) is 22.6 Å². The van der Waals surface area contributed by atoms with Crippen LogP contribution in [0.15, 0.2) is 42.6 Å². The molecule has 0 saturated carbocycles. The number of halogens is 3. The smallest absolute Gasteiger partial charge is 0.295 e. The Hall–Kier alpha value is -3.16. The highest BCUT2D eigenvalue weighted by atomic mass is 19.4. The highest BCUT2D eigenvalue weighted by Crippen LogP contribution is 2.30.